The summed E-state index contributed by atoms with van der Waals surface area (Å²) in [4.78, 5) is 4.64. The molecule has 0 unspecified atom stereocenters. The molecule has 28 heavy (non-hydrogen) atoms. The van der Waals surface area contributed by atoms with E-state index < -0.39 is 0 Å². The molecule has 0 aliphatic heterocycles. The van der Waals surface area contributed by atoms with Crippen molar-refractivity contribution in [2.45, 2.75) is 52.4 Å². The van der Waals surface area contributed by atoms with Gasteiger partial charge < -0.3 is 4.74 Å². The van der Waals surface area contributed by atoms with Crippen LogP contribution in [0.3, 0.4) is 0 Å². The Morgan fingerprint density at radius 3 is 1.93 bits per heavy atom. The molecule has 0 aliphatic carbocycles. The number of hydrogen-bond donors (Lipinski definition) is 0. The first-order chi connectivity index (χ1) is 13.8. The Balaban J connectivity index is 1.62. The SMILES string of the molecule is CCCCCOc1ccc(-c2ccc(-c3ccc(CCCC)cn3)cc2)cc1. The fourth-order valence-corrected chi connectivity index (χ4v) is 3.24. The standard InChI is InChI=1S/C26H31NO/c1-3-5-7-19-28-25-16-14-23(15-17-25)22-10-12-24(13-11-22)26-18-9-21(20-27-26)8-6-4-2/h9-18,20H,3-8,19H2,1-2H3. The van der Waals surface area contributed by atoms with Gasteiger partial charge in [-0.15, -0.1) is 0 Å². The van der Waals surface area contributed by atoms with Gasteiger partial charge in [-0.2, -0.15) is 0 Å². The number of ether oxygens (including phenoxy) is 1. The number of aromatic nitrogens is 1. The van der Waals surface area contributed by atoms with E-state index in [0.717, 1.165) is 36.5 Å². The molecule has 0 radical (unpaired) electrons. The maximum Gasteiger partial charge on any atom is 0.119 e. The Hall–Kier alpha value is -2.61. The molecule has 0 spiro atoms. The monoisotopic (exact) mass is 373 g/mol. The summed E-state index contributed by atoms with van der Waals surface area (Å²) in [5, 5.41) is 0. The molecule has 0 bridgehead atoms. The Kier molecular flexibility index (Phi) is 7.66. The van der Waals surface area contributed by atoms with E-state index in [1.54, 1.807) is 0 Å². The molecule has 0 fully saturated rings. The Labute approximate surface area is 169 Å². The van der Waals surface area contributed by atoms with Gasteiger partial charge in [0.1, 0.15) is 5.75 Å². The molecular weight excluding hydrogens is 342 g/mol. The second-order valence-electron chi connectivity index (χ2n) is 7.31. The van der Waals surface area contributed by atoms with Crippen molar-refractivity contribution < 1.29 is 4.74 Å². The summed E-state index contributed by atoms with van der Waals surface area (Å²) in [6.07, 6.45) is 9.12. The summed E-state index contributed by atoms with van der Waals surface area (Å²) >= 11 is 0. The molecule has 1 aromatic heterocycles. The van der Waals surface area contributed by atoms with E-state index in [4.69, 9.17) is 4.74 Å². The molecule has 3 aromatic rings. The number of hydrogen-bond acceptors (Lipinski definition) is 2. The smallest absolute Gasteiger partial charge is 0.119 e. The lowest BCUT2D eigenvalue weighted by Crippen LogP contribution is -1.96. The highest BCUT2D eigenvalue weighted by molar-refractivity contribution is 5.69. The zero-order valence-electron chi connectivity index (χ0n) is 17.2. The predicted molar refractivity (Wildman–Crippen MR) is 119 cm³/mol. The third-order valence-electron chi connectivity index (χ3n) is 5.03. The topological polar surface area (TPSA) is 22.1 Å². The van der Waals surface area contributed by atoms with Crippen LogP contribution in [0.5, 0.6) is 5.75 Å². The number of nitrogens with zero attached hydrogens (tertiary/aromatic N) is 1. The van der Waals surface area contributed by atoms with Crippen molar-refractivity contribution in [3.8, 4) is 28.1 Å². The highest BCUT2D eigenvalue weighted by Gasteiger charge is 2.03. The lowest BCUT2D eigenvalue weighted by molar-refractivity contribution is 0.306. The van der Waals surface area contributed by atoms with Crippen molar-refractivity contribution in [1.82, 2.24) is 4.98 Å². The Bertz CT molecular complexity index is 820. The van der Waals surface area contributed by atoms with Crippen LogP contribution >= 0.6 is 0 Å². The van der Waals surface area contributed by atoms with E-state index in [1.165, 1.54) is 42.4 Å². The van der Waals surface area contributed by atoms with Crippen LogP contribution in [0.2, 0.25) is 0 Å². The van der Waals surface area contributed by atoms with Crippen molar-refractivity contribution in [2.75, 3.05) is 6.61 Å². The summed E-state index contributed by atoms with van der Waals surface area (Å²) in [6, 6.07) is 21.3. The average Bonchev–Trinajstić information content (AvgIpc) is 2.76. The van der Waals surface area contributed by atoms with Crippen LogP contribution in [-0.4, -0.2) is 11.6 Å². The number of pyridine rings is 1. The van der Waals surface area contributed by atoms with E-state index in [1.807, 2.05) is 6.20 Å². The zero-order valence-corrected chi connectivity index (χ0v) is 17.2. The van der Waals surface area contributed by atoms with Gasteiger partial charge in [0.05, 0.1) is 12.3 Å². The Morgan fingerprint density at radius 2 is 1.32 bits per heavy atom. The third-order valence-corrected chi connectivity index (χ3v) is 5.03. The first-order valence-corrected chi connectivity index (χ1v) is 10.6. The number of aryl methyl sites for hydroxylation is 1. The van der Waals surface area contributed by atoms with E-state index in [-0.39, 0.29) is 0 Å². The number of benzene rings is 2. The molecule has 1 heterocycles. The molecule has 2 nitrogen and oxygen atoms in total. The second-order valence-corrected chi connectivity index (χ2v) is 7.31. The summed E-state index contributed by atoms with van der Waals surface area (Å²) in [6.45, 7) is 5.22. The zero-order chi connectivity index (χ0) is 19.6. The van der Waals surface area contributed by atoms with Crippen molar-refractivity contribution >= 4 is 0 Å². The highest BCUT2D eigenvalue weighted by atomic mass is 16.5. The molecule has 0 aliphatic rings. The minimum absolute atomic E-state index is 0.798. The third kappa shape index (κ3) is 5.69. The van der Waals surface area contributed by atoms with Crippen molar-refractivity contribution in [1.29, 1.82) is 0 Å². The molecule has 0 amide bonds. The molecule has 0 saturated carbocycles. The van der Waals surface area contributed by atoms with Crippen LogP contribution < -0.4 is 4.74 Å². The van der Waals surface area contributed by atoms with Gasteiger partial charge in [-0.3, -0.25) is 4.98 Å². The summed E-state index contributed by atoms with van der Waals surface area (Å²) in [7, 11) is 0. The van der Waals surface area contributed by atoms with Crippen molar-refractivity contribution in [3.05, 3.63) is 72.4 Å². The van der Waals surface area contributed by atoms with Gasteiger partial charge in [0, 0.05) is 11.8 Å². The van der Waals surface area contributed by atoms with Crippen LogP contribution in [0.4, 0.5) is 0 Å². The molecule has 146 valence electrons. The molecule has 0 saturated heterocycles. The van der Waals surface area contributed by atoms with Gasteiger partial charge in [-0.1, -0.05) is 75.6 Å². The average molecular weight is 374 g/mol. The van der Waals surface area contributed by atoms with E-state index in [0.29, 0.717) is 0 Å². The minimum atomic E-state index is 0.798. The van der Waals surface area contributed by atoms with Crippen LogP contribution in [0.25, 0.3) is 22.4 Å². The van der Waals surface area contributed by atoms with E-state index >= 15 is 0 Å². The molecule has 0 atom stereocenters. The molecule has 0 N–H and O–H groups in total. The van der Waals surface area contributed by atoms with Crippen molar-refractivity contribution in [3.63, 3.8) is 0 Å². The first-order valence-electron chi connectivity index (χ1n) is 10.6. The highest BCUT2D eigenvalue weighted by Crippen LogP contribution is 2.26. The maximum absolute atomic E-state index is 5.80. The molecule has 3 rings (SSSR count). The normalized spacial score (nSPS) is 10.8. The van der Waals surface area contributed by atoms with Crippen LogP contribution in [-0.2, 0) is 6.42 Å². The predicted octanol–water partition coefficient (Wildman–Crippen LogP) is 7.33. The Morgan fingerprint density at radius 1 is 0.679 bits per heavy atom. The van der Waals surface area contributed by atoms with Gasteiger partial charge in [0.25, 0.3) is 0 Å². The van der Waals surface area contributed by atoms with Gasteiger partial charge in [0.15, 0.2) is 0 Å². The summed E-state index contributed by atoms with van der Waals surface area (Å²) in [5.41, 5.74) is 5.92. The fraction of sp³-hybridized carbons (Fsp3) is 0.346. The number of unbranched alkanes of at least 4 members (excludes halogenated alkanes) is 3. The minimum Gasteiger partial charge on any atom is -0.494 e. The van der Waals surface area contributed by atoms with Crippen LogP contribution in [0.1, 0.15) is 51.5 Å². The van der Waals surface area contributed by atoms with Gasteiger partial charge in [0.2, 0.25) is 0 Å². The van der Waals surface area contributed by atoms with Crippen molar-refractivity contribution in [2.24, 2.45) is 0 Å². The summed E-state index contributed by atoms with van der Waals surface area (Å²) < 4.78 is 5.80. The van der Waals surface area contributed by atoms with Crippen LogP contribution in [0.15, 0.2) is 66.9 Å². The van der Waals surface area contributed by atoms with Gasteiger partial charge in [-0.05, 0) is 54.2 Å². The lowest BCUT2D eigenvalue weighted by atomic mass is 10.0. The molecular formula is C26H31NO. The van der Waals surface area contributed by atoms with Gasteiger partial charge in [-0.25, -0.2) is 0 Å². The maximum atomic E-state index is 5.80. The van der Waals surface area contributed by atoms with Gasteiger partial charge >= 0.3 is 0 Å². The fourth-order valence-electron chi connectivity index (χ4n) is 3.24. The molecule has 2 heteroatoms. The molecule has 2 aromatic carbocycles. The number of rotatable bonds is 10. The first kappa shape index (κ1) is 20.1. The van der Waals surface area contributed by atoms with E-state index in [2.05, 4.69) is 79.5 Å². The quantitative estimate of drug-likeness (QED) is 0.347. The summed E-state index contributed by atoms with van der Waals surface area (Å²) in [5.74, 6) is 0.948. The largest absolute Gasteiger partial charge is 0.494 e. The van der Waals surface area contributed by atoms with E-state index in [9.17, 15) is 0 Å². The lowest BCUT2D eigenvalue weighted by Gasteiger charge is -2.08. The van der Waals surface area contributed by atoms with Crippen LogP contribution in [0, 0.1) is 0 Å². The second kappa shape index (κ2) is 10.7.